The molecule has 8 bridgehead atoms. The number of nitrogens with zero attached hydrogens (tertiary/aromatic N) is 7. The highest BCUT2D eigenvalue weighted by Gasteiger charge is 2.27. The summed E-state index contributed by atoms with van der Waals surface area (Å²) in [4.78, 5) is 35.0. The van der Waals surface area contributed by atoms with Gasteiger partial charge in [-0.1, -0.05) is 0 Å². The number of nitrogens with one attached hydrogen (secondary N) is 4. The Morgan fingerprint density at radius 1 is 0.521 bits per heavy atom. The highest BCUT2D eigenvalue weighted by molar-refractivity contribution is 6.37. The maximum Gasteiger partial charge on any atom is 0.219 e. The van der Waals surface area contributed by atoms with Gasteiger partial charge >= 0.3 is 0 Å². The van der Waals surface area contributed by atoms with E-state index in [1.807, 2.05) is 34.8 Å². The number of rotatable bonds is 20. The van der Waals surface area contributed by atoms with Gasteiger partial charge in [0.15, 0.2) is 37.2 Å². The van der Waals surface area contributed by atoms with E-state index in [0.717, 1.165) is 168 Å². The number of carbonyl (C=O) groups is 1. The van der Waals surface area contributed by atoms with Gasteiger partial charge in [-0.05, 0) is 154 Å². The van der Waals surface area contributed by atoms with Crippen molar-refractivity contribution in [2.45, 2.75) is 44.9 Å². The molecule has 5 aliphatic rings. The number of carbonyl (C=O) groups excluding carboxylic acids is 1. The Labute approximate surface area is 418 Å². The average molecular weight is 948 g/mol. The monoisotopic (exact) mass is 948 g/mol. The second-order valence-electron chi connectivity index (χ2n) is 18.5. The van der Waals surface area contributed by atoms with Crippen molar-refractivity contribution in [3.63, 3.8) is 0 Å². The van der Waals surface area contributed by atoms with Gasteiger partial charge < -0.3 is 31.6 Å². The van der Waals surface area contributed by atoms with Gasteiger partial charge in [0.05, 0.1) is 34.2 Å². The molecule has 0 saturated carbocycles. The van der Waals surface area contributed by atoms with E-state index in [9.17, 15) is 4.79 Å². The van der Waals surface area contributed by atoms with Crippen LogP contribution in [0.25, 0.3) is 22.3 Å². The Kier molecular flexibility index (Phi) is 16.0. The zero-order valence-electron chi connectivity index (χ0n) is 41.4. The van der Waals surface area contributed by atoms with Crippen molar-refractivity contribution >= 4 is 45.3 Å². The molecule has 71 heavy (non-hydrogen) atoms. The Bertz CT molecular complexity index is 2970. The summed E-state index contributed by atoms with van der Waals surface area (Å²) in [6, 6.07) is 17.1. The first-order chi connectivity index (χ1) is 34.8. The topological polar surface area (TPSA) is 147 Å². The van der Waals surface area contributed by atoms with E-state index >= 15 is 0 Å². The third kappa shape index (κ3) is 12.1. The summed E-state index contributed by atoms with van der Waals surface area (Å²) in [7, 11) is 6.08. The number of allylic oxidation sites excluding steroid dienone is 12. The van der Waals surface area contributed by atoms with Gasteiger partial charge in [-0.2, -0.15) is 0 Å². The number of aryl methyl sites for hydroxylation is 3. The van der Waals surface area contributed by atoms with Crippen LogP contribution in [0.5, 0.6) is 0 Å². The maximum absolute atomic E-state index is 12.6. The summed E-state index contributed by atoms with van der Waals surface area (Å²) >= 11 is 0. The summed E-state index contributed by atoms with van der Waals surface area (Å²) in [5.41, 5.74) is 20.5. The van der Waals surface area contributed by atoms with Crippen LogP contribution >= 0.6 is 0 Å². The van der Waals surface area contributed by atoms with Crippen LogP contribution in [0.4, 0.5) is 0 Å². The smallest absolute Gasteiger partial charge is 0.219 e. The highest BCUT2D eigenvalue weighted by atomic mass is 16.1. The van der Waals surface area contributed by atoms with Crippen LogP contribution in [0.1, 0.15) is 73.0 Å². The third-order valence-electron chi connectivity index (χ3n) is 13.1. The molecule has 1 amide bonds. The molecule has 9 rings (SSSR count). The van der Waals surface area contributed by atoms with E-state index in [4.69, 9.17) is 20.7 Å². The molecular weight excluding hydrogens is 881 g/mol. The van der Waals surface area contributed by atoms with Crippen molar-refractivity contribution in [1.82, 2.24) is 25.8 Å². The predicted octanol–water partition coefficient (Wildman–Crippen LogP) is 6.20. The second-order valence-corrected chi connectivity index (χ2v) is 18.5. The molecular formula is C58H67N12O+3. The molecule has 0 atom stereocenters. The fourth-order valence-electron chi connectivity index (χ4n) is 9.21. The number of H-pyrrole nitrogens is 1. The van der Waals surface area contributed by atoms with E-state index in [0.29, 0.717) is 13.0 Å². The molecule has 0 radical (unpaired) electrons. The van der Waals surface area contributed by atoms with Crippen molar-refractivity contribution in [1.29, 1.82) is 0 Å². The normalized spacial score (nSPS) is 16.0. The minimum atomic E-state index is 0.120. The van der Waals surface area contributed by atoms with Gasteiger partial charge in [0, 0.05) is 102 Å². The van der Waals surface area contributed by atoms with Crippen LogP contribution in [-0.4, -0.2) is 78.7 Å². The minimum Gasteiger partial charge on any atom is -0.356 e. The van der Waals surface area contributed by atoms with Crippen molar-refractivity contribution in [3.8, 4) is 0 Å². The van der Waals surface area contributed by atoms with Gasteiger partial charge in [0.1, 0.15) is 21.1 Å². The largest absolute Gasteiger partial charge is 0.356 e. The fourth-order valence-corrected chi connectivity index (χ4v) is 9.21. The molecule has 5 aliphatic heterocycles. The van der Waals surface area contributed by atoms with Crippen molar-refractivity contribution in [3.05, 3.63) is 197 Å². The van der Waals surface area contributed by atoms with Crippen LogP contribution in [-0.2, 0) is 25.9 Å². The molecule has 6 N–H and O–H groups in total. The van der Waals surface area contributed by atoms with Gasteiger partial charge in [0.25, 0.3) is 0 Å². The molecule has 9 heterocycles. The molecule has 13 nitrogen and oxygen atoms in total. The number of nitrogens with two attached hydrogens (primary N) is 1. The van der Waals surface area contributed by atoms with Crippen LogP contribution in [0.15, 0.2) is 184 Å². The first kappa shape index (κ1) is 48.6. The molecule has 0 aromatic carbocycles. The Balaban J connectivity index is 0.977. The van der Waals surface area contributed by atoms with Gasteiger partial charge in [0.2, 0.25) is 5.91 Å². The first-order valence-corrected chi connectivity index (χ1v) is 25.2. The lowest BCUT2D eigenvalue weighted by Gasteiger charge is -2.20. The van der Waals surface area contributed by atoms with E-state index in [-0.39, 0.29) is 5.91 Å². The van der Waals surface area contributed by atoms with Gasteiger partial charge in [-0.25, -0.2) is 28.7 Å². The molecule has 0 fully saturated rings. The summed E-state index contributed by atoms with van der Waals surface area (Å²) in [6.07, 6.45) is 40.2. The van der Waals surface area contributed by atoms with Crippen molar-refractivity contribution in [2.75, 3.05) is 45.8 Å². The SMILES string of the molecule is C[n+]1ccc(C2=C3C=CC(=N3)C(c3cc[n+](C)cc3)=C3C=CC(=N3)C(=C3C=CN(CCCCC(=O)NCCCNCCCCNCCCN)C=C3)c3ccc([nH]3)C(c3cc[n+](C)cc3)=C3C=CC2=N3)cc1. The number of aliphatic imine (C=N–C) groups is 3. The number of aromatic nitrogens is 4. The number of hydrogen-bond acceptors (Lipinski definition) is 8. The van der Waals surface area contributed by atoms with E-state index < -0.39 is 0 Å². The summed E-state index contributed by atoms with van der Waals surface area (Å²) in [5.74, 6) is 0.120. The average Bonchev–Trinajstić information content (AvgIpc) is 4.24. The van der Waals surface area contributed by atoms with Crippen LogP contribution < -0.4 is 35.4 Å². The highest BCUT2D eigenvalue weighted by Crippen LogP contribution is 2.38. The molecule has 0 saturated heterocycles. The van der Waals surface area contributed by atoms with E-state index in [1.165, 1.54) is 0 Å². The van der Waals surface area contributed by atoms with Gasteiger partial charge in [-0.3, -0.25) is 4.79 Å². The lowest BCUT2D eigenvalue weighted by atomic mass is 9.98. The number of fused-ring (bicyclic) bond motifs is 5. The van der Waals surface area contributed by atoms with Gasteiger partial charge in [-0.15, -0.1) is 0 Å². The number of aromatic amines is 1. The summed E-state index contributed by atoms with van der Waals surface area (Å²) in [5, 5.41) is 10.0. The molecule has 4 aromatic heterocycles. The Morgan fingerprint density at radius 3 is 1.49 bits per heavy atom. The molecule has 0 aliphatic carbocycles. The molecule has 4 aromatic rings. The standard InChI is InChI=1S/C58H66N12O/c1-67-34-19-42(20-35-67)55-46-11-13-48(63-46)56(43-21-36-68(2)37-22-43)50-15-17-52(65-50)58(53-18-16-51(66-53)57(49-14-12-47(55)64-49)44-23-38-69(3)39-24-44)45-25-40-70(41-26-45)33-7-4-10-54(71)62-32-9-31-61-29-6-5-28-60-30-8-27-59/h11-26,34-41,60-61H,4-10,27-33,59H2,1-3H3,(H-,62,63,64,65,66,71)/q+2/p+1. The third-order valence-corrected chi connectivity index (χ3v) is 13.1. The number of pyridine rings is 3. The Morgan fingerprint density at radius 2 is 0.972 bits per heavy atom. The lowest BCUT2D eigenvalue weighted by Crippen LogP contribution is -2.27. The molecule has 0 unspecified atom stereocenters. The van der Waals surface area contributed by atoms with Crippen molar-refractivity contribution in [2.24, 2.45) is 41.9 Å². The van der Waals surface area contributed by atoms with Crippen LogP contribution in [0.3, 0.4) is 0 Å². The maximum atomic E-state index is 12.6. The number of amides is 1. The zero-order valence-corrected chi connectivity index (χ0v) is 41.4. The van der Waals surface area contributed by atoms with E-state index in [2.05, 4.69) is 173 Å². The van der Waals surface area contributed by atoms with Crippen LogP contribution in [0.2, 0.25) is 0 Å². The number of hydrogen-bond donors (Lipinski definition) is 5. The summed E-state index contributed by atoms with van der Waals surface area (Å²) in [6.45, 7) is 6.19. The van der Waals surface area contributed by atoms with Crippen LogP contribution in [0, 0.1) is 0 Å². The predicted molar refractivity (Wildman–Crippen MR) is 285 cm³/mol. The molecule has 0 spiro atoms. The summed E-state index contributed by atoms with van der Waals surface area (Å²) < 4.78 is 6.12. The fraction of sp³-hybridized carbons (Fsp3) is 0.293. The second kappa shape index (κ2) is 23.4. The number of unbranched alkanes of at least 4 members (excludes halogenated alkanes) is 2. The first-order valence-electron chi connectivity index (χ1n) is 25.2. The van der Waals surface area contributed by atoms with Crippen molar-refractivity contribution < 1.29 is 18.5 Å². The lowest BCUT2D eigenvalue weighted by molar-refractivity contribution is -0.671. The Hall–Kier alpha value is -7.45. The quantitative estimate of drug-likeness (QED) is 0.0530. The molecule has 362 valence electrons. The minimum absolute atomic E-state index is 0.120. The van der Waals surface area contributed by atoms with E-state index in [1.54, 1.807) is 0 Å². The zero-order chi connectivity index (χ0) is 48.9. The molecule has 13 heteroatoms.